The molecule has 0 bridgehead atoms. The van der Waals surface area contributed by atoms with Gasteiger partial charge in [0.15, 0.2) is 11.2 Å². The highest BCUT2D eigenvalue weighted by atomic mass is 35.5. The Morgan fingerprint density at radius 3 is 2.53 bits per heavy atom. The second kappa shape index (κ2) is 9.27. The van der Waals surface area contributed by atoms with Gasteiger partial charge in [-0.1, -0.05) is 47.1 Å². The standard InChI is InChI=1S/C24H21ClN8O3/c1-30-22-21(23(35)31(2)24(30)36)32(14-26-22)13-20(34)27-17-9-7-15(8-10-17)19-12-33(29-28-19)11-16-5-3-4-6-18(16)25/h3-10,12,14H,11,13H2,1-2H3,(H,27,34). The summed E-state index contributed by atoms with van der Waals surface area (Å²) in [5.74, 6) is -0.344. The lowest BCUT2D eigenvalue weighted by Gasteiger charge is -2.08. The number of nitrogens with one attached hydrogen (secondary N) is 1. The molecule has 182 valence electrons. The predicted molar refractivity (Wildman–Crippen MR) is 135 cm³/mol. The van der Waals surface area contributed by atoms with E-state index in [4.69, 9.17) is 11.6 Å². The molecule has 0 aliphatic carbocycles. The molecular formula is C24H21ClN8O3. The number of amides is 1. The van der Waals surface area contributed by atoms with Gasteiger partial charge >= 0.3 is 5.69 Å². The van der Waals surface area contributed by atoms with Gasteiger partial charge in [0, 0.05) is 30.4 Å². The molecule has 0 spiro atoms. The summed E-state index contributed by atoms with van der Waals surface area (Å²) < 4.78 is 5.40. The van der Waals surface area contributed by atoms with Crippen LogP contribution in [0.15, 0.2) is 70.6 Å². The van der Waals surface area contributed by atoms with Crippen molar-refractivity contribution in [1.29, 1.82) is 0 Å². The number of benzene rings is 2. The van der Waals surface area contributed by atoms with Crippen molar-refractivity contribution < 1.29 is 4.79 Å². The van der Waals surface area contributed by atoms with E-state index in [1.54, 1.807) is 16.8 Å². The molecule has 1 amide bonds. The lowest BCUT2D eigenvalue weighted by Crippen LogP contribution is -2.37. The fourth-order valence-corrected chi connectivity index (χ4v) is 4.10. The molecule has 0 atom stereocenters. The fourth-order valence-electron chi connectivity index (χ4n) is 3.91. The van der Waals surface area contributed by atoms with E-state index in [0.717, 1.165) is 15.7 Å². The Labute approximate surface area is 209 Å². The fraction of sp³-hybridized carbons (Fsp3) is 0.167. The minimum atomic E-state index is -0.509. The van der Waals surface area contributed by atoms with Crippen molar-refractivity contribution in [2.45, 2.75) is 13.1 Å². The maximum absolute atomic E-state index is 12.7. The van der Waals surface area contributed by atoms with Crippen LogP contribution in [-0.4, -0.2) is 39.6 Å². The zero-order chi connectivity index (χ0) is 25.4. The first kappa shape index (κ1) is 23.2. The van der Waals surface area contributed by atoms with Crippen molar-refractivity contribution in [2.24, 2.45) is 14.1 Å². The minimum absolute atomic E-state index is 0.137. The number of imidazole rings is 1. The summed E-state index contributed by atoms with van der Waals surface area (Å²) in [6.45, 7) is 0.364. The molecule has 0 aliphatic rings. The number of fused-ring (bicyclic) bond motifs is 1. The molecule has 5 rings (SSSR count). The summed E-state index contributed by atoms with van der Waals surface area (Å²) >= 11 is 6.23. The molecule has 0 unspecified atom stereocenters. The predicted octanol–water partition coefficient (Wildman–Crippen LogP) is 2.03. The van der Waals surface area contributed by atoms with Crippen molar-refractivity contribution in [3.63, 3.8) is 0 Å². The van der Waals surface area contributed by atoms with Crippen LogP contribution in [0.1, 0.15) is 5.56 Å². The van der Waals surface area contributed by atoms with Gasteiger partial charge in [-0.15, -0.1) is 5.10 Å². The summed E-state index contributed by atoms with van der Waals surface area (Å²) in [4.78, 5) is 41.4. The number of carbonyl (C=O) groups excluding carboxylic acids is 1. The van der Waals surface area contributed by atoms with Gasteiger partial charge in [0.25, 0.3) is 5.56 Å². The highest BCUT2D eigenvalue weighted by molar-refractivity contribution is 6.31. The lowest BCUT2D eigenvalue weighted by atomic mass is 10.1. The molecule has 0 saturated heterocycles. The van der Waals surface area contributed by atoms with Gasteiger partial charge in [-0.05, 0) is 23.8 Å². The van der Waals surface area contributed by atoms with Crippen LogP contribution >= 0.6 is 11.6 Å². The number of carbonyl (C=O) groups is 1. The number of rotatable bonds is 6. The zero-order valence-electron chi connectivity index (χ0n) is 19.4. The smallest absolute Gasteiger partial charge is 0.325 e. The van der Waals surface area contributed by atoms with Crippen LogP contribution in [0.2, 0.25) is 5.02 Å². The number of aromatic nitrogens is 7. The van der Waals surface area contributed by atoms with Gasteiger partial charge in [-0.2, -0.15) is 0 Å². The molecule has 0 aliphatic heterocycles. The SMILES string of the molecule is Cn1c(=O)c2c(ncn2CC(=O)Nc2ccc(-c3cn(Cc4ccccc4Cl)nn3)cc2)n(C)c1=O. The maximum atomic E-state index is 12.7. The van der Waals surface area contributed by atoms with Gasteiger partial charge in [-0.25, -0.2) is 14.5 Å². The quantitative estimate of drug-likeness (QED) is 0.377. The number of hydrogen-bond acceptors (Lipinski definition) is 6. The Morgan fingerprint density at radius 1 is 1.03 bits per heavy atom. The van der Waals surface area contributed by atoms with Crippen molar-refractivity contribution >= 4 is 34.4 Å². The molecule has 0 radical (unpaired) electrons. The average molecular weight is 505 g/mol. The van der Waals surface area contributed by atoms with Gasteiger partial charge in [-0.3, -0.25) is 18.7 Å². The van der Waals surface area contributed by atoms with E-state index in [-0.39, 0.29) is 23.6 Å². The van der Waals surface area contributed by atoms with E-state index in [1.165, 1.54) is 29.6 Å². The van der Waals surface area contributed by atoms with Gasteiger partial charge < -0.3 is 9.88 Å². The third-order valence-electron chi connectivity index (χ3n) is 5.82. The van der Waals surface area contributed by atoms with Crippen LogP contribution in [0, 0.1) is 0 Å². The lowest BCUT2D eigenvalue weighted by molar-refractivity contribution is -0.116. The molecular weight excluding hydrogens is 484 g/mol. The van der Waals surface area contributed by atoms with Gasteiger partial charge in [0.1, 0.15) is 12.2 Å². The number of aryl methyl sites for hydroxylation is 1. The second-order valence-corrected chi connectivity index (χ2v) is 8.68. The molecule has 3 aromatic heterocycles. The Bertz CT molecular complexity index is 1710. The first-order valence-electron chi connectivity index (χ1n) is 11.0. The molecule has 3 heterocycles. The van der Waals surface area contributed by atoms with Crippen LogP contribution in [0.3, 0.4) is 0 Å². The van der Waals surface area contributed by atoms with E-state index < -0.39 is 11.2 Å². The van der Waals surface area contributed by atoms with E-state index in [2.05, 4.69) is 20.6 Å². The molecule has 11 nitrogen and oxygen atoms in total. The first-order chi connectivity index (χ1) is 17.3. The summed E-state index contributed by atoms with van der Waals surface area (Å²) in [6, 6.07) is 14.7. The monoisotopic (exact) mass is 504 g/mol. The Kier molecular flexibility index (Phi) is 5.98. The van der Waals surface area contributed by atoms with E-state index in [9.17, 15) is 14.4 Å². The topological polar surface area (TPSA) is 122 Å². The number of nitrogens with zero attached hydrogens (tertiary/aromatic N) is 7. The molecule has 1 N–H and O–H groups in total. The summed E-state index contributed by atoms with van der Waals surface area (Å²) in [5.41, 5.74) is 2.47. The third-order valence-corrected chi connectivity index (χ3v) is 6.19. The highest BCUT2D eigenvalue weighted by Gasteiger charge is 2.16. The van der Waals surface area contributed by atoms with E-state index in [0.29, 0.717) is 22.9 Å². The maximum Gasteiger partial charge on any atom is 0.332 e. The largest absolute Gasteiger partial charge is 0.332 e. The van der Waals surface area contributed by atoms with Crippen molar-refractivity contribution in [2.75, 3.05) is 5.32 Å². The molecule has 2 aromatic carbocycles. The van der Waals surface area contributed by atoms with Crippen LogP contribution in [-0.2, 0) is 32.0 Å². The zero-order valence-corrected chi connectivity index (χ0v) is 20.2. The Morgan fingerprint density at radius 2 is 1.78 bits per heavy atom. The van der Waals surface area contributed by atoms with Crippen molar-refractivity contribution in [1.82, 2.24) is 33.7 Å². The van der Waals surface area contributed by atoms with Gasteiger partial charge in [0.2, 0.25) is 5.91 Å². The molecule has 0 saturated carbocycles. The number of anilines is 1. The van der Waals surface area contributed by atoms with Crippen LogP contribution in [0.25, 0.3) is 22.4 Å². The number of hydrogen-bond donors (Lipinski definition) is 1. The third kappa shape index (κ3) is 4.31. The van der Waals surface area contributed by atoms with Gasteiger partial charge in [0.05, 0.1) is 19.1 Å². The molecule has 0 fully saturated rings. The Hall–Kier alpha value is -4.51. The van der Waals surface area contributed by atoms with Crippen molar-refractivity contribution in [3.8, 4) is 11.3 Å². The molecule has 12 heteroatoms. The molecule has 36 heavy (non-hydrogen) atoms. The average Bonchev–Trinajstić information content (AvgIpc) is 3.51. The highest BCUT2D eigenvalue weighted by Crippen LogP contribution is 2.21. The summed E-state index contributed by atoms with van der Waals surface area (Å²) in [5, 5.41) is 11.9. The van der Waals surface area contributed by atoms with Crippen LogP contribution in [0.4, 0.5) is 5.69 Å². The summed E-state index contributed by atoms with van der Waals surface area (Å²) in [7, 11) is 2.91. The number of halogens is 1. The van der Waals surface area contributed by atoms with E-state index >= 15 is 0 Å². The minimum Gasteiger partial charge on any atom is -0.325 e. The van der Waals surface area contributed by atoms with Crippen LogP contribution < -0.4 is 16.6 Å². The van der Waals surface area contributed by atoms with E-state index in [1.807, 2.05) is 42.6 Å². The molecule has 5 aromatic rings. The first-order valence-corrected chi connectivity index (χ1v) is 11.3. The second-order valence-electron chi connectivity index (χ2n) is 8.27. The summed E-state index contributed by atoms with van der Waals surface area (Å²) in [6.07, 6.45) is 3.20. The van der Waals surface area contributed by atoms with Crippen LogP contribution in [0.5, 0.6) is 0 Å². The normalized spacial score (nSPS) is 11.2. The Balaban J connectivity index is 1.28. The van der Waals surface area contributed by atoms with Crippen molar-refractivity contribution in [3.05, 3.63) is 92.5 Å².